The quantitative estimate of drug-likeness (QED) is 0.707. The minimum atomic E-state index is -1.27. The third-order valence-electron chi connectivity index (χ3n) is 3.23. The zero-order valence-electron chi connectivity index (χ0n) is 8.75. The topological polar surface area (TPSA) is 58.9 Å². The van der Waals surface area contributed by atoms with E-state index >= 15 is 0 Å². The molecule has 4 heteroatoms. The summed E-state index contributed by atoms with van der Waals surface area (Å²) in [6.45, 7) is 1.57. The molecular formula is C12H12O4. The van der Waals surface area contributed by atoms with E-state index in [2.05, 4.69) is 0 Å². The van der Waals surface area contributed by atoms with Crippen LogP contribution >= 0.6 is 0 Å². The predicted molar refractivity (Wildman–Crippen MR) is 55.4 cm³/mol. The number of aliphatic hydroxyl groups excluding tert-OH is 2. The van der Waals surface area contributed by atoms with Gasteiger partial charge in [-0.15, -0.1) is 0 Å². The lowest BCUT2D eigenvalue weighted by Gasteiger charge is -2.44. The molecule has 16 heavy (non-hydrogen) atoms. The Morgan fingerprint density at radius 2 is 2.12 bits per heavy atom. The highest BCUT2D eigenvalue weighted by Gasteiger charge is 2.53. The third-order valence-corrected chi connectivity index (χ3v) is 3.23. The first kappa shape index (κ1) is 9.84. The van der Waals surface area contributed by atoms with Crippen LogP contribution < -0.4 is 0 Å². The summed E-state index contributed by atoms with van der Waals surface area (Å²) in [5.41, 5.74) is 0.416. The fraction of sp³-hybridized carbons (Fsp3) is 0.333. The Kier molecular flexibility index (Phi) is 1.89. The van der Waals surface area contributed by atoms with Crippen LogP contribution in [0.2, 0.25) is 0 Å². The van der Waals surface area contributed by atoms with E-state index in [1.54, 1.807) is 13.0 Å². The molecule has 0 amide bonds. The van der Waals surface area contributed by atoms with Gasteiger partial charge in [0.05, 0.1) is 6.10 Å². The molecule has 0 unspecified atom stereocenters. The molecule has 1 aromatic carbocycles. The first-order chi connectivity index (χ1) is 7.66. The van der Waals surface area contributed by atoms with Crippen molar-refractivity contribution in [3.05, 3.63) is 47.2 Å². The molecule has 0 saturated carbocycles. The SMILES string of the molecule is C[C@@H](O)[C@@]12OO[C@@H](C=C1O)c1ccccc12. The van der Waals surface area contributed by atoms with Gasteiger partial charge in [-0.05, 0) is 18.6 Å². The predicted octanol–water partition coefficient (Wildman–Crippen LogP) is 1.72. The number of hydrogen-bond donors (Lipinski definition) is 2. The van der Waals surface area contributed by atoms with Gasteiger partial charge >= 0.3 is 0 Å². The summed E-state index contributed by atoms with van der Waals surface area (Å²) in [5, 5.41) is 19.8. The Balaban J connectivity index is 2.29. The summed E-state index contributed by atoms with van der Waals surface area (Å²) in [7, 11) is 0. The smallest absolute Gasteiger partial charge is 0.210 e. The van der Waals surface area contributed by atoms with E-state index in [1.807, 2.05) is 24.3 Å². The Morgan fingerprint density at radius 1 is 1.38 bits per heavy atom. The molecule has 0 saturated heterocycles. The van der Waals surface area contributed by atoms with Crippen molar-refractivity contribution >= 4 is 0 Å². The van der Waals surface area contributed by atoms with Crippen LogP contribution in [-0.4, -0.2) is 16.3 Å². The molecule has 3 atom stereocenters. The average molecular weight is 220 g/mol. The largest absolute Gasteiger partial charge is 0.509 e. The lowest BCUT2D eigenvalue weighted by atomic mass is 9.77. The van der Waals surface area contributed by atoms with E-state index in [1.165, 1.54) is 0 Å². The van der Waals surface area contributed by atoms with Crippen molar-refractivity contribution < 1.29 is 20.0 Å². The molecule has 2 heterocycles. The van der Waals surface area contributed by atoms with E-state index in [9.17, 15) is 10.2 Å². The molecule has 0 spiro atoms. The number of aliphatic hydroxyl groups is 2. The molecule has 0 radical (unpaired) electrons. The second-order valence-corrected chi connectivity index (χ2v) is 4.15. The highest BCUT2D eigenvalue weighted by molar-refractivity contribution is 5.46. The number of hydrogen-bond acceptors (Lipinski definition) is 4. The molecule has 84 valence electrons. The zero-order chi connectivity index (χ0) is 11.3. The summed E-state index contributed by atoms with van der Waals surface area (Å²) in [4.78, 5) is 10.3. The van der Waals surface area contributed by atoms with Crippen LogP contribution in [0.3, 0.4) is 0 Å². The van der Waals surface area contributed by atoms with Crippen LogP contribution in [0.5, 0.6) is 0 Å². The molecule has 2 aliphatic heterocycles. The molecule has 2 N–H and O–H groups in total. The number of fused-ring (bicyclic) bond motifs is 1. The molecule has 1 aliphatic carbocycles. The van der Waals surface area contributed by atoms with Gasteiger partial charge in [-0.2, -0.15) is 0 Å². The second kappa shape index (κ2) is 3.07. The summed E-state index contributed by atoms with van der Waals surface area (Å²) in [5.74, 6) is 0.0115. The maximum absolute atomic E-state index is 9.96. The molecule has 2 bridgehead atoms. The Hall–Kier alpha value is -1.36. The van der Waals surface area contributed by atoms with Gasteiger partial charge in [0.15, 0.2) is 0 Å². The zero-order valence-corrected chi connectivity index (χ0v) is 8.75. The van der Waals surface area contributed by atoms with E-state index in [-0.39, 0.29) is 5.76 Å². The van der Waals surface area contributed by atoms with Crippen molar-refractivity contribution in [3.63, 3.8) is 0 Å². The minimum absolute atomic E-state index is 0.0115. The fourth-order valence-corrected chi connectivity index (χ4v) is 2.38. The van der Waals surface area contributed by atoms with Crippen LogP contribution in [0, 0.1) is 0 Å². The van der Waals surface area contributed by atoms with Gasteiger partial charge in [-0.3, -0.25) is 0 Å². The first-order valence-electron chi connectivity index (χ1n) is 5.19. The van der Waals surface area contributed by atoms with E-state index in [0.29, 0.717) is 0 Å². The van der Waals surface area contributed by atoms with Gasteiger partial charge in [0.25, 0.3) is 0 Å². The number of rotatable bonds is 1. The Labute approximate surface area is 92.7 Å². The normalized spacial score (nSPS) is 33.1. The minimum Gasteiger partial charge on any atom is -0.509 e. The summed E-state index contributed by atoms with van der Waals surface area (Å²) in [6, 6.07) is 7.48. The van der Waals surface area contributed by atoms with Crippen LogP contribution in [0.15, 0.2) is 36.1 Å². The molecule has 0 fully saturated rings. The van der Waals surface area contributed by atoms with Gasteiger partial charge in [0, 0.05) is 5.56 Å². The van der Waals surface area contributed by atoms with Gasteiger partial charge in [-0.1, -0.05) is 24.3 Å². The molecular weight excluding hydrogens is 208 g/mol. The average Bonchev–Trinajstić information content (AvgIpc) is 2.29. The van der Waals surface area contributed by atoms with Gasteiger partial charge in [-0.25, -0.2) is 9.78 Å². The van der Waals surface area contributed by atoms with E-state index < -0.39 is 17.8 Å². The second-order valence-electron chi connectivity index (χ2n) is 4.15. The summed E-state index contributed by atoms with van der Waals surface area (Å²) < 4.78 is 0. The van der Waals surface area contributed by atoms with Crippen molar-refractivity contribution in [2.75, 3.05) is 0 Å². The van der Waals surface area contributed by atoms with Crippen molar-refractivity contribution in [3.8, 4) is 0 Å². The lowest BCUT2D eigenvalue weighted by molar-refractivity contribution is -0.415. The van der Waals surface area contributed by atoms with Crippen molar-refractivity contribution in [1.29, 1.82) is 0 Å². The van der Waals surface area contributed by atoms with Crippen LogP contribution in [-0.2, 0) is 15.4 Å². The van der Waals surface area contributed by atoms with Gasteiger partial charge in [0.1, 0.15) is 11.9 Å². The van der Waals surface area contributed by atoms with Crippen LogP contribution in [0.4, 0.5) is 0 Å². The summed E-state index contributed by atoms with van der Waals surface area (Å²) in [6.07, 6.45) is 0.279. The van der Waals surface area contributed by atoms with Crippen LogP contribution in [0.1, 0.15) is 24.2 Å². The molecule has 4 rings (SSSR count). The first-order valence-corrected chi connectivity index (χ1v) is 5.19. The number of benzene rings is 1. The van der Waals surface area contributed by atoms with Gasteiger partial charge in [0.2, 0.25) is 5.60 Å². The monoisotopic (exact) mass is 220 g/mol. The van der Waals surface area contributed by atoms with Crippen molar-refractivity contribution in [1.82, 2.24) is 0 Å². The lowest BCUT2D eigenvalue weighted by Crippen LogP contribution is -2.49. The molecule has 3 aliphatic rings. The Morgan fingerprint density at radius 3 is 2.81 bits per heavy atom. The van der Waals surface area contributed by atoms with Crippen molar-refractivity contribution in [2.45, 2.75) is 24.7 Å². The highest BCUT2D eigenvalue weighted by atomic mass is 17.2. The molecule has 1 aromatic rings. The van der Waals surface area contributed by atoms with Gasteiger partial charge < -0.3 is 10.2 Å². The Bertz CT molecular complexity index is 466. The van der Waals surface area contributed by atoms with Crippen molar-refractivity contribution in [2.24, 2.45) is 0 Å². The maximum Gasteiger partial charge on any atom is 0.210 e. The standard InChI is InChI=1S/C12H12O4/c1-7(13)12-9-5-3-2-4-8(9)10(15-16-12)6-11(12)14/h2-7,10,13-14H,1H3/t7-,10+,12+/m1/s1. The highest BCUT2D eigenvalue weighted by Crippen LogP contribution is 2.50. The molecule has 4 nitrogen and oxygen atoms in total. The third kappa shape index (κ3) is 0.988. The summed E-state index contributed by atoms with van der Waals surface area (Å²) >= 11 is 0. The van der Waals surface area contributed by atoms with E-state index in [4.69, 9.17) is 9.78 Å². The molecule has 0 aromatic heterocycles. The van der Waals surface area contributed by atoms with E-state index in [0.717, 1.165) is 11.1 Å². The maximum atomic E-state index is 9.96. The van der Waals surface area contributed by atoms with Crippen LogP contribution in [0.25, 0.3) is 0 Å². The fourth-order valence-electron chi connectivity index (χ4n) is 2.38.